The van der Waals surface area contributed by atoms with Gasteiger partial charge < -0.3 is 71.1 Å². The maximum Gasteiger partial charge on any atom is 0.136 e. The summed E-state index contributed by atoms with van der Waals surface area (Å²) in [6.07, 6.45) is 0. The summed E-state index contributed by atoms with van der Waals surface area (Å²) in [6, 6.07) is 49.4. The van der Waals surface area contributed by atoms with Gasteiger partial charge >= 0.3 is 0 Å². The average Bonchev–Trinajstić information content (AvgIpc) is 0.822. The molecule has 0 heterocycles. The van der Waals surface area contributed by atoms with Gasteiger partial charge in [-0.15, -0.1) is 0 Å². The second-order valence-electron chi connectivity index (χ2n) is 22.7. The van der Waals surface area contributed by atoms with E-state index in [1.54, 1.807) is 179 Å². The summed E-state index contributed by atoms with van der Waals surface area (Å²) in [6.45, 7) is 0. The first kappa shape index (κ1) is 75.9. The zero-order valence-electron chi connectivity index (χ0n) is 62.2. The molecule has 108 heavy (non-hydrogen) atoms. The largest absolute Gasteiger partial charge is 0.495 e. The molecule has 534 valence electrons. The third kappa shape index (κ3) is 18.3. The SMILES string of the molecule is COc1ccccc1C#Cc1cc(OC)c(C#Cc2cc(OC)c(C#Cc3cc(C#Cc4cc(OC)c(C#Cc5cc(OC)c(C#Cc6ccccc6OC)cc5OC)cc4OC)cc(C#Cc4cc(OC)c(C#Cc5cc(OC)c(C#Cc6ccccc6OC)cc5OC)cc4OC)c3)cc2OC)cc1OC. The highest BCUT2D eigenvalue weighted by Crippen LogP contribution is 2.36. The molecule has 0 saturated heterocycles. The molecule has 0 atom stereocenters. The third-order valence-corrected chi connectivity index (χ3v) is 16.4. The smallest absolute Gasteiger partial charge is 0.136 e. The van der Waals surface area contributed by atoms with E-state index in [-0.39, 0.29) is 0 Å². The Labute approximate surface area is 631 Å². The fourth-order valence-electron chi connectivity index (χ4n) is 10.9. The van der Waals surface area contributed by atoms with Crippen LogP contribution in [0.5, 0.6) is 86.2 Å². The second kappa shape index (κ2) is 36.9. The van der Waals surface area contributed by atoms with Crippen molar-refractivity contribution in [2.24, 2.45) is 0 Å². The van der Waals surface area contributed by atoms with Crippen LogP contribution in [0.3, 0.4) is 0 Å². The molecule has 0 fully saturated rings. The first-order valence-electron chi connectivity index (χ1n) is 33.1. The first-order valence-corrected chi connectivity index (χ1v) is 33.1. The number of hydrogen-bond acceptors (Lipinski definition) is 15. The lowest BCUT2D eigenvalue weighted by molar-refractivity contribution is 0.401. The fourth-order valence-corrected chi connectivity index (χ4v) is 10.9. The molecule has 0 N–H and O–H groups in total. The standard InChI is InChI=1S/C93H72O15/c1-94-79-25-19-16-22-64(79)34-37-70-52-91(106-13)76(58-88(70)103-10)43-40-73-55-82(97-4)67(49-85(73)100-7)31-28-61-46-62(29-32-68-50-86(101-8)74(56-83(68)98-5)41-44-77-59-89(104-11)71(53-92(77)107-14)38-35-65-23-17-20-26-80(65)95-2)48-63(47-61)30-33-69-51-87(102-9)75(57-84(69)99-6)42-45-78-60-90(105-12)72(54-93(78)108-15)39-36-66-24-18-21-27-81(66)96-3/h16-27,46-60H,1-15H3. The highest BCUT2D eigenvalue weighted by Gasteiger charge is 2.17. The molecule has 0 spiro atoms. The summed E-state index contributed by atoms with van der Waals surface area (Å²) < 4.78 is 87.0. The first-order chi connectivity index (χ1) is 52.8. The summed E-state index contributed by atoms with van der Waals surface area (Å²) >= 11 is 0. The van der Waals surface area contributed by atoms with Gasteiger partial charge in [-0.1, -0.05) is 143 Å². The van der Waals surface area contributed by atoms with Crippen molar-refractivity contribution in [3.05, 3.63) is 264 Å². The molecule has 0 unspecified atom stereocenters. The van der Waals surface area contributed by atoms with Gasteiger partial charge in [0.25, 0.3) is 0 Å². The van der Waals surface area contributed by atoms with Gasteiger partial charge in [-0.05, 0) is 54.6 Å². The molecular weight excluding hydrogens is 1360 g/mol. The third-order valence-electron chi connectivity index (χ3n) is 16.4. The van der Waals surface area contributed by atoms with E-state index in [1.165, 1.54) is 0 Å². The van der Waals surface area contributed by atoms with E-state index in [2.05, 4.69) is 107 Å². The molecule has 0 aliphatic carbocycles. The number of methoxy groups -OCH3 is 15. The quantitative estimate of drug-likeness (QED) is 0.0899. The molecule has 0 aromatic heterocycles. The van der Waals surface area contributed by atoms with Crippen LogP contribution in [0.25, 0.3) is 0 Å². The van der Waals surface area contributed by atoms with E-state index in [0.717, 1.165) is 16.7 Å². The van der Waals surface area contributed by atoms with Gasteiger partial charge in [0.2, 0.25) is 0 Å². The number of benzene rings is 10. The van der Waals surface area contributed by atoms with Crippen molar-refractivity contribution in [2.45, 2.75) is 0 Å². The average molecular weight is 1430 g/mol. The summed E-state index contributed by atoms with van der Waals surface area (Å²) in [5.41, 5.74) is 10.4. The minimum Gasteiger partial charge on any atom is -0.495 e. The van der Waals surface area contributed by atoms with Crippen LogP contribution in [-0.4, -0.2) is 107 Å². The summed E-state index contributed by atoms with van der Waals surface area (Å²) in [5.74, 6) is 66.1. The van der Waals surface area contributed by atoms with Crippen molar-refractivity contribution in [2.75, 3.05) is 107 Å². The van der Waals surface area contributed by atoms with Crippen LogP contribution < -0.4 is 71.1 Å². The minimum absolute atomic E-state index is 0.434. The Hall–Kier alpha value is -14.8. The van der Waals surface area contributed by atoms with Crippen molar-refractivity contribution in [3.8, 4) is 193 Å². The Morgan fingerprint density at radius 1 is 0.130 bits per heavy atom. The van der Waals surface area contributed by atoms with E-state index in [1.807, 2.05) is 91.0 Å². The highest BCUT2D eigenvalue weighted by atomic mass is 16.5. The van der Waals surface area contributed by atoms with Crippen LogP contribution in [-0.2, 0) is 0 Å². The molecule has 0 radical (unpaired) electrons. The van der Waals surface area contributed by atoms with E-state index < -0.39 is 0 Å². The Morgan fingerprint density at radius 2 is 0.250 bits per heavy atom. The van der Waals surface area contributed by atoms with E-state index >= 15 is 0 Å². The molecule has 10 rings (SSSR count). The fraction of sp³-hybridized carbons (Fsp3) is 0.161. The molecule has 15 heteroatoms. The van der Waals surface area contributed by atoms with Gasteiger partial charge in [-0.2, -0.15) is 0 Å². The van der Waals surface area contributed by atoms with Gasteiger partial charge in [-0.25, -0.2) is 0 Å². The number of para-hydroxylation sites is 3. The van der Waals surface area contributed by atoms with Crippen LogP contribution in [0.2, 0.25) is 0 Å². The van der Waals surface area contributed by atoms with Crippen LogP contribution in [0.4, 0.5) is 0 Å². The molecule has 0 aliphatic rings. The lowest BCUT2D eigenvalue weighted by Crippen LogP contribution is -1.96. The molecule has 0 aliphatic heterocycles. The summed E-state index contributed by atoms with van der Waals surface area (Å²) in [4.78, 5) is 0. The molecule has 0 bridgehead atoms. The van der Waals surface area contributed by atoms with Crippen molar-refractivity contribution in [1.82, 2.24) is 0 Å². The predicted octanol–water partition coefficient (Wildman–Crippen LogP) is 14.4. The lowest BCUT2D eigenvalue weighted by atomic mass is 10.0. The normalized spacial score (nSPS) is 9.69. The van der Waals surface area contributed by atoms with Crippen LogP contribution in [0, 0.1) is 107 Å². The zero-order chi connectivity index (χ0) is 76.5. The molecule has 15 nitrogen and oxygen atoms in total. The second-order valence-corrected chi connectivity index (χ2v) is 22.7. The predicted molar refractivity (Wildman–Crippen MR) is 417 cm³/mol. The van der Waals surface area contributed by atoms with Gasteiger partial charge in [0.1, 0.15) is 86.2 Å². The summed E-state index contributed by atoms with van der Waals surface area (Å²) in [5, 5.41) is 0. The topological polar surface area (TPSA) is 138 Å². The Kier molecular flexibility index (Phi) is 25.9. The molecule has 0 amide bonds. The van der Waals surface area contributed by atoms with Crippen LogP contribution >= 0.6 is 0 Å². The maximum absolute atomic E-state index is 5.96. The van der Waals surface area contributed by atoms with E-state index in [0.29, 0.717) is 170 Å². The zero-order valence-corrected chi connectivity index (χ0v) is 62.2. The van der Waals surface area contributed by atoms with Gasteiger partial charge in [0.05, 0.1) is 190 Å². The minimum atomic E-state index is 0.434. The molecule has 10 aromatic carbocycles. The van der Waals surface area contributed by atoms with Gasteiger partial charge in [0, 0.05) is 89.5 Å². The van der Waals surface area contributed by atoms with E-state index in [9.17, 15) is 0 Å². The van der Waals surface area contributed by atoms with Crippen LogP contribution in [0.1, 0.15) is 100 Å². The molecular formula is C93H72O15. The van der Waals surface area contributed by atoms with Gasteiger partial charge in [0.15, 0.2) is 0 Å². The Bertz CT molecular complexity index is 5150. The van der Waals surface area contributed by atoms with E-state index in [4.69, 9.17) is 71.1 Å². The number of ether oxygens (including phenoxy) is 15. The number of rotatable bonds is 15. The van der Waals surface area contributed by atoms with Crippen molar-refractivity contribution in [1.29, 1.82) is 0 Å². The lowest BCUT2D eigenvalue weighted by Gasteiger charge is -2.10. The van der Waals surface area contributed by atoms with Crippen molar-refractivity contribution >= 4 is 0 Å². The monoisotopic (exact) mass is 1430 g/mol. The Balaban J connectivity index is 1.02. The number of hydrogen-bond donors (Lipinski definition) is 0. The van der Waals surface area contributed by atoms with Crippen molar-refractivity contribution in [3.63, 3.8) is 0 Å². The van der Waals surface area contributed by atoms with Crippen molar-refractivity contribution < 1.29 is 71.1 Å². The summed E-state index contributed by atoms with van der Waals surface area (Å²) in [7, 11) is 23.6. The van der Waals surface area contributed by atoms with Gasteiger partial charge in [-0.3, -0.25) is 0 Å². The highest BCUT2D eigenvalue weighted by molar-refractivity contribution is 5.70. The maximum atomic E-state index is 5.96. The molecule has 10 aromatic rings. The van der Waals surface area contributed by atoms with Crippen LogP contribution in [0.15, 0.2) is 164 Å². The Morgan fingerprint density at radius 3 is 0.389 bits per heavy atom. The molecule has 0 saturated carbocycles.